The Morgan fingerprint density at radius 2 is 2.19 bits per heavy atom. The summed E-state index contributed by atoms with van der Waals surface area (Å²) in [4.78, 5) is 11.2. The van der Waals surface area contributed by atoms with Crippen molar-refractivity contribution in [1.29, 1.82) is 0 Å². The van der Waals surface area contributed by atoms with Gasteiger partial charge in [0.1, 0.15) is 12.4 Å². The van der Waals surface area contributed by atoms with E-state index in [0.29, 0.717) is 5.69 Å². The lowest BCUT2D eigenvalue weighted by atomic mass is 10.2. The molecule has 3 nitrogen and oxygen atoms in total. The Balaban J connectivity index is 2.51. The van der Waals surface area contributed by atoms with E-state index in [9.17, 15) is 9.18 Å². The van der Waals surface area contributed by atoms with Gasteiger partial charge in [-0.3, -0.25) is 4.79 Å². The average molecular weight is 225 g/mol. The van der Waals surface area contributed by atoms with Crippen molar-refractivity contribution >= 4 is 11.7 Å². The number of carbonyl (C=O) groups excluding carboxylic acids is 1. The third-order valence-electron chi connectivity index (χ3n) is 1.91. The predicted molar refractivity (Wildman–Crippen MR) is 60.9 cm³/mol. The molecule has 88 valence electrons. The Labute approximate surface area is 94.6 Å². The molecule has 0 spiro atoms. The number of rotatable bonds is 4. The second-order valence-electron chi connectivity index (χ2n) is 3.88. The molecule has 0 saturated carbocycles. The monoisotopic (exact) mass is 225 g/mol. The first kappa shape index (κ1) is 12.5. The van der Waals surface area contributed by atoms with Gasteiger partial charge in [-0.1, -0.05) is 6.07 Å². The Morgan fingerprint density at radius 3 is 2.75 bits per heavy atom. The van der Waals surface area contributed by atoms with E-state index < -0.39 is 5.97 Å². The van der Waals surface area contributed by atoms with Gasteiger partial charge >= 0.3 is 5.97 Å². The van der Waals surface area contributed by atoms with Crippen molar-refractivity contribution in [2.75, 3.05) is 11.9 Å². The fourth-order valence-corrected chi connectivity index (χ4v) is 1.24. The lowest BCUT2D eigenvalue weighted by Crippen LogP contribution is -2.20. The number of aryl methyl sites for hydroxylation is 1. The fourth-order valence-electron chi connectivity index (χ4n) is 1.24. The van der Waals surface area contributed by atoms with Crippen LogP contribution in [0.15, 0.2) is 18.2 Å². The third kappa shape index (κ3) is 3.88. The highest BCUT2D eigenvalue weighted by Crippen LogP contribution is 2.14. The van der Waals surface area contributed by atoms with Gasteiger partial charge in [0.15, 0.2) is 0 Å². The molecule has 0 atom stereocenters. The van der Waals surface area contributed by atoms with Crippen LogP contribution in [0.1, 0.15) is 19.4 Å². The van der Waals surface area contributed by atoms with Crippen LogP contribution in [0.4, 0.5) is 10.1 Å². The summed E-state index contributed by atoms with van der Waals surface area (Å²) in [5, 5.41) is 2.70. The van der Waals surface area contributed by atoms with Crippen molar-refractivity contribution < 1.29 is 13.9 Å². The number of carbonyl (C=O) groups is 1. The van der Waals surface area contributed by atoms with Crippen molar-refractivity contribution in [3.63, 3.8) is 0 Å². The summed E-state index contributed by atoms with van der Waals surface area (Å²) in [5.41, 5.74) is 1.15. The maximum atomic E-state index is 13.3. The van der Waals surface area contributed by atoms with Gasteiger partial charge in [-0.05, 0) is 38.5 Å². The molecule has 1 rings (SSSR count). The molecule has 0 bridgehead atoms. The van der Waals surface area contributed by atoms with E-state index >= 15 is 0 Å². The minimum Gasteiger partial charge on any atom is -0.462 e. The van der Waals surface area contributed by atoms with Crippen LogP contribution >= 0.6 is 0 Å². The normalized spacial score (nSPS) is 10.3. The topological polar surface area (TPSA) is 38.3 Å². The van der Waals surface area contributed by atoms with Crippen LogP contribution in [0, 0.1) is 12.7 Å². The fraction of sp³-hybridized carbons (Fsp3) is 0.417. The molecule has 0 aliphatic heterocycles. The summed E-state index contributed by atoms with van der Waals surface area (Å²) in [5.74, 6) is -0.757. The van der Waals surface area contributed by atoms with Gasteiger partial charge in [-0.15, -0.1) is 0 Å². The summed E-state index contributed by atoms with van der Waals surface area (Å²) < 4.78 is 18.3. The molecule has 4 heteroatoms. The standard InChI is InChI=1S/C12H16FNO2/c1-8(2)16-12(15)7-14-11-5-4-9(3)6-10(11)13/h4-6,8,14H,7H2,1-3H3. The number of anilines is 1. The van der Waals surface area contributed by atoms with E-state index in [2.05, 4.69) is 5.32 Å². The van der Waals surface area contributed by atoms with Gasteiger partial charge in [-0.2, -0.15) is 0 Å². The van der Waals surface area contributed by atoms with Gasteiger partial charge in [0.25, 0.3) is 0 Å². The average Bonchev–Trinajstić information content (AvgIpc) is 2.15. The van der Waals surface area contributed by atoms with E-state index in [1.165, 1.54) is 6.07 Å². The van der Waals surface area contributed by atoms with Crippen molar-refractivity contribution in [2.45, 2.75) is 26.9 Å². The minimum atomic E-state index is -0.394. The summed E-state index contributed by atoms with van der Waals surface area (Å²) in [7, 11) is 0. The number of ether oxygens (including phenoxy) is 1. The van der Waals surface area contributed by atoms with E-state index in [1.54, 1.807) is 32.9 Å². The number of hydrogen-bond acceptors (Lipinski definition) is 3. The largest absolute Gasteiger partial charge is 0.462 e. The second kappa shape index (κ2) is 5.49. The lowest BCUT2D eigenvalue weighted by Gasteiger charge is -2.10. The number of halogens is 1. The Morgan fingerprint density at radius 1 is 1.50 bits per heavy atom. The summed E-state index contributed by atoms with van der Waals surface area (Å²) in [6, 6.07) is 4.79. The summed E-state index contributed by atoms with van der Waals surface area (Å²) in [6.45, 7) is 5.31. The van der Waals surface area contributed by atoms with Crippen molar-refractivity contribution in [3.8, 4) is 0 Å². The van der Waals surface area contributed by atoms with Crippen molar-refractivity contribution in [1.82, 2.24) is 0 Å². The highest BCUT2D eigenvalue weighted by atomic mass is 19.1. The quantitative estimate of drug-likeness (QED) is 0.800. The zero-order chi connectivity index (χ0) is 12.1. The molecule has 16 heavy (non-hydrogen) atoms. The highest BCUT2D eigenvalue weighted by molar-refractivity contribution is 5.75. The maximum Gasteiger partial charge on any atom is 0.325 e. The number of esters is 1. The van der Waals surface area contributed by atoms with Crippen molar-refractivity contribution in [2.24, 2.45) is 0 Å². The molecule has 1 aromatic carbocycles. The van der Waals surface area contributed by atoms with Crippen LogP contribution in [0.2, 0.25) is 0 Å². The third-order valence-corrected chi connectivity index (χ3v) is 1.91. The maximum absolute atomic E-state index is 13.3. The molecule has 0 fully saturated rings. The Kier molecular flexibility index (Phi) is 4.28. The lowest BCUT2D eigenvalue weighted by molar-refractivity contribution is -0.145. The van der Waals surface area contributed by atoms with Crippen LogP contribution in [0.3, 0.4) is 0 Å². The van der Waals surface area contributed by atoms with Crippen LogP contribution in [-0.4, -0.2) is 18.6 Å². The molecule has 0 unspecified atom stereocenters. The van der Waals surface area contributed by atoms with Crippen LogP contribution < -0.4 is 5.32 Å². The van der Waals surface area contributed by atoms with Gasteiger partial charge in [0.2, 0.25) is 0 Å². The molecule has 0 aromatic heterocycles. The summed E-state index contributed by atoms with van der Waals surface area (Å²) in [6.07, 6.45) is -0.155. The minimum absolute atomic E-state index is 0.0296. The van der Waals surface area contributed by atoms with Gasteiger partial charge in [0.05, 0.1) is 11.8 Å². The zero-order valence-corrected chi connectivity index (χ0v) is 9.71. The van der Waals surface area contributed by atoms with Crippen LogP contribution in [-0.2, 0) is 9.53 Å². The van der Waals surface area contributed by atoms with Crippen LogP contribution in [0.25, 0.3) is 0 Å². The number of hydrogen-bond donors (Lipinski definition) is 1. The second-order valence-corrected chi connectivity index (χ2v) is 3.88. The van der Waals surface area contributed by atoms with E-state index in [-0.39, 0.29) is 18.5 Å². The first-order valence-corrected chi connectivity index (χ1v) is 5.18. The Bertz CT molecular complexity index is 377. The van der Waals surface area contributed by atoms with Gasteiger partial charge in [0, 0.05) is 0 Å². The molecule has 0 saturated heterocycles. The highest BCUT2D eigenvalue weighted by Gasteiger charge is 2.07. The molecule has 1 aromatic rings. The zero-order valence-electron chi connectivity index (χ0n) is 9.71. The molecule has 1 N–H and O–H groups in total. The summed E-state index contributed by atoms with van der Waals surface area (Å²) >= 11 is 0. The van der Waals surface area contributed by atoms with Crippen LogP contribution in [0.5, 0.6) is 0 Å². The number of benzene rings is 1. The van der Waals surface area contributed by atoms with Crippen molar-refractivity contribution in [3.05, 3.63) is 29.6 Å². The predicted octanol–water partition coefficient (Wildman–Crippen LogP) is 2.50. The molecule has 0 radical (unpaired) electrons. The van der Waals surface area contributed by atoms with Gasteiger partial charge in [-0.25, -0.2) is 4.39 Å². The smallest absolute Gasteiger partial charge is 0.325 e. The molecule has 0 heterocycles. The van der Waals surface area contributed by atoms with Gasteiger partial charge < -0.3 is 10.1 Å². The van der Waals surface area contributed by atoms with E-state index in [4.69, 9.17) is 4.74 Å². The van der Waals surface area contributed by atoms with E-state index in [1.807, 2.05) is 0 Å². The first-order chi connectivity index (χ1) is 7.49. The molecule has 0 aliphatic rings. The number of nitrogens with one attached hydrogen (secondary N) is 1. The molecular formula is C12H16FNO2. The Hall–Kier alpha value is -1.58. The molecule has 0 aliphatic carbocycles. The molecular weight excluding hydrogens is 209 g/mol. The first-order valence-electron chi connectivity index (χ1n) is 5.18. The SMILES string of the molecule is Cc1ccc(NCC(=O)OC(C)C)c(F)c1. The molecule has 0 amide bonds. The van der Waals surface area contributed by atoms with E-state index in [0.717, 1.165) is 5.56 Å².